The van der Waals surface area contributed by atoms with Gasteiger partial charge in [-0.1, -0.05) is 19.9 Å². The molecule has 0 aromatic carbocycles. The number of ether oxygens (including phenoxy) is 2. The van der Waals surface area contributed by atoms with E-state index < -0.39 is 48.2 Å². The molecule has 4 fully saturated rings. The van der Waals surface area contributed by atoms with Gasteiger partial charge in [-0.3, -0.25) is 9.59 Å². The van der Waals surface area contributed by atoms with Crippen molar-refractivity contribution in [2.24, 2.45) is 34.5 Å². The van der Waals surface area contributed by atoms with Crippen LogP contribution in [0.25, 0.3) is 0 Å². The van der Waals surface area contributed by atoms with Crippen molar-refractivity contribution in [3.63, 3.8) is 0 Å². The molecule has 0 spiro atoms. The summed E-state index contributed by atoms with van der Waals surface area (Å²) in [5, 5.41) is 45.3. The maximum Gasteiger partial charge on any atom is 0.335 e. The summed E-state index contributed by atoms with van der Waals surface area (Å²) in [6.07, 6.45) is -0.457. The minimum atomic E-state index is -1.91. The highest BCUT2D eigenvalue weighted by Gasteiger charge is 2.61. The zero-order valence-electron chi connectivity index (χ0n) is 23.9. The molecule has 5 unspecified atom stereocenters. The molecule has 0 bridgehead atoms. The fourth-order valence-electron chi connectivity index (χ4n) is 8.61. The minimum absolute atomic E-state index is 0.0367. The average molecular weight is 579 g/mol. The first-order valence-corrected chi connectivity index (χ1v) is 14.6. The van der Waals surface area contributed by atoms with Crippen LogP contribution >= 0.6 is 0 Å². The second-order valence-corrected chi connectivity index (χ2v) is 13.6. The van der Waals surface area contributed by atoms with Crippen LogP contribution in [0.2, 0.25) is 0 Å². The van der Waals surface area contributed by atoms with Crippen molar-refractivity contribution in [3.8, 4) is 0 Å². The molecular weight excluding hydrogens is 536 g/mol. The third-order valence-electron chi connectivity index (χ3n) is 11.0. The predicted molar refractivity (Wildman–Crippen MR) is 142 cm³/mol. The van der Waals surface area contributed by atoms with E-state index in [0.717, 1.165) is 32.1 Å². The highest BCUT2D eigenvalue weighted by Crippen LogP contribution is 2.65. The first kappa shape index (κ1) is 29.9. The van der Waals surface area contributed by atoms with E-state index in [-0.39, 0.29) is 34.6 Å². The number of carbonyl (C=O) groups is 4. The molecule has 12 nitrogen and oxygen atoms in total. The molecule has 2 heterocycles. The molecule has 12 heteroatoms. The van der Waals surface area contributed by atoms with Crippen LogP contribution in [-0.4, -0.2) is 86.5 Å². The van der Waals surface area contributed by atoms with Crippen LogP contribution in [0.3, 0.4) is 0 Å². The first-order valence-electron chi connectivity index (χ1n) is 14.6. The lowest BCUT2D eigenvalue weighted by atomic mass is 9.48. The zero-order chi connectivity index (χ0) is 30.1. The highest BCUT2D eigenvalue weighted by molar-refractivity contribution is 5.89. The van der Waals surface area contributed by atoms with Crippen molar-refractivity contribution in [3.05, 3.63) is 12.2 Å². The Labute approximate surface area is 238 Å². The molecule has 2 amide bonds. The van der Waals surface area contributed by atoms with E-state index in [1.54, 1.807) is 6.08 Å². The van der Waals surface area contributed by atoms with E-state index >= 15 is 0 Å². The van der Waals surface area contributed by atoms with Crippen molar-refractivity contribution in [1.82, 2.24) is 10.6 Å². The van der Waals surface area contributed by atoms with Crippen LogP contribution in [0.5, 0.6) is 0 Å². The quantitative estimate of drug-likeness (QED) is 0.246. The van der Waals surface area contributed by atoms with Crippen LogP contribution in [0.4, 0.5) is 0 Å². The van der Waals surface area contributed by atoms with Crippen LogP contribution in [0.1, 0.15) is 66.2 Å². The van der Waals surface area contributed by atoms with Gasteiger partial charge in [0.25, 0.3) is 0 Å². The Bertz CT molecular complexity index is 1140. The van der Waals surface area contributed by atoms with Crippen LogP contribution in [-0.2, 0) is 28.7 Å². The highest BCUT2D eigenvalue weighted by atomic mass is 16.7. The largest absolute Gasteiger partial charge is 0.479 e. The van der Waals surface area contributed by atoms with E-state index in [1.807, 2.05) is 0 Å². The molecule has 6 N–H and O–H groups in total. The molecule has 0 radical (unpaired) electrons. The standard InChI is InChI=1S/C29H42N2O10/c1-27(2,26(39)41-25-21(35)19(33)20(34)22(40-25)24(37)38)31-23(36)16-7-6-14-13-5-8-17-29(4,12-10-18(32)30-17)15(13)9-11-28(14,16)3/h10,12-17,19-22,25,33-35H,5-9,11H2,1-4H3,(H,30,32)(H,31,36)(H,37,38)/t13-,14-,15-,16+,17+,19?,20?,21?,22?,25?,28-,29+/m1/s1. The van der Waals surface area contributed by atoms with Gasteiger partial charge in [0, 0.05) is 17.4 Å². The summed E-state index contributed by atoms with van der Waals surface area (Å²) in [5.41, 5.74) is -1.92. The van der Waals surface area contributed by atoms with Gasteiger partial charge in [0.2, 0.25) is 18.1 Å². The topological polar surface area (TPSA) is 192 Å². The molecule has 228 valence electrons. The van der Waals surface area contributed by atoms with Crippen molar-refractivity contribution in [1.29, 1.82) is 0 Å². The molecule has 3 saturated carbocycles. The molecule has 2 aliphatic heterocycles. The average Bonchev–Trinajstić information content (AvgIpc) is 3.26. The Balaban J connectivity index is 1.26. The summed E-state index contributed by atoms with van der Waals surface area (Å²) in [6, 6.07) is 0.125. The summed E-state index contributed by atoms with van der Waals surface area (Å²) in [6.45, 7) is 7.31. The lowest BCUT2D eigenvalue weighted by molar-refractivity contribution is -0.287. The van der Waals surface area contributed by atoms with E-state index in [2.05, 4.69) is 30.6 Å². The van der Waals surface area contributed by atoms with Gasteiger partial charge in [-0.2, -0.15) is 0 Å². The van der Waals surface area contributed by atoms with E-state index in [9.17, 15) is 39.6 Å². The van der Waals surface area contributed by atoms with Gasteiger partial charge in [-0.15, -0.1) is 0 Å². The number of fused-ring (bicyclic) bond motifs is 5. The molecule has 41 heavy (non-hydrogen) atoms. The normalized spacial score (nSPS) is 45.5. The number of nitrogens with one attached hydrogen (secondary N) is 2. The number of carboxylic acid groups (broad SMARTS) is 1. The molecule has 5 aliphatic rings. The van der Waals surface area contributed by atoms with Gasteiger partial charge >= 0.3 is 11.9 Å². The minimum Gasteiger partial charge on any atom is -0.479 e. The Morgan fingerprint density at radius 2 is 1.73 bits per heavy atom. The predicted octanol–water partition coefficient (Wildman–Crippen LogP) is 0.230. The van der Waals surface area contributed by atoms with E-state index in [1.165, 1.54) is 13.8 Å². The summed E-state index contributed by atoms with van der Waals surface area (Å²) in [7, 11) is 0. The molecule has 0 aromatic rings. The third kappa shape index (κ3) is 4.86. The van der Waals surface area contributed by atoms with Crippen LogP contribution in [0.15, 0.2) is 12.2 Å². The van der Waals surface area contributed by atoms with Crippen molar-refractivity contribution in [2.75, 3.05) is 0 Å². The SMILES string of the molecule is CC(C)(NC(=O)[C@@H]1CC[C@@H]2[C@H]3CC[C@@H]4NC(=O)C=C[C@@]4(C)[C@@H]3CC[C@]21C)C(=O)OC1OC(C(=O)O)C(O)C(O)C1O. The fourth-order valence-corrected chi connectivity index (χ4v) is 8.61. The number of aliphatic carboxylic acids is 1. The Hall–Kier alpha value is -2.54. The van der Waals surface area contributed by atoms with E-state index in [0.29, 0.717) is 24.2 Å². The van der Waals surface area contributed by atoms with Gasteiger partial charge in [0.05, 0.1) is 0 Å². The van der Waals surface area contributed by atoms with Gasteiger partial charge in [0.15, 0.2) is 6.10 Å². The molecule has 12 atom stereocenters. The van der Waals surface area contributed by atoms with Crippen molar-refractivity contribution < 1.29 is 49.1 Å². The zero-order valence-corrected chi connectivity index (χ0v) is 23.9. The maximum absolute atomic E-state index is 13.7. The van der Waals surface area contributed by atoms with Gasteiger partial charge in [-0.05, 0) is 81.6 Å². The first-order chi connectivity index (χ1) is 19.1. The smallest absolute Gasteiger partial charge is 0.335 e. The number of aliphatic hydroxyl groups is 3. The summed E-state index contributed by atoms with van der Waals surface area (Å²) in [5.74, 6) is -2.03. The fraction of sp³-hybridized carbons (Fsp3) is 0.793. The lowest BCUT2D eigenvalue weighted by Crippen LogP contribution is -2.62. The summed E-state index contributed by atoms with van der Waals surface area (Å²) in [4.78, 5) is 50.1. The monoisotopic (exact) mass is 578 g/mol. The molecule has 1 saturated heterocycles. The summed E-state index contributed by atoms with van der Waals surface area (Å²) >= 11 is 0. The van der Waals surface area contributed by atoms with Gasteiger partial charge in [0.1, 0.15) is 23.9 Å². The number of hydrogen-bond donors (Lipinski definition) is 6. The third-order valence-corrected chi connectivity index (χ3v) is 11.0. The Morgan fingerprint density at radius 1 is 1.02 bits per heavy atom. The molecule has 5 rings (SSSR count). The number of esters is 1. The Morgan fingerprint density at radius 3 is 2.41 bits per heavy atom. The maximum atomic E-state index is 13.7. The molecular formula is C29H42N2O10. The van der Waals surface area contributed by atoms with Crippen molar-refractivity contribution >= 4 is 23.8 Å². The van der Waals surface area contributed by atoms with E-state index in [4.69, 9.17) is 9.47 Å². The van der Waals surface area contributed by atoms with Crippen LogP contribution in [0, 0.1) is 34.5 Å². The summed E-state index contributed by atoms with van der Waals surface area (Å²) < 4.78 is 10.3. The number of carbonyl (C=O) groups excluding carboxylic acids is 3. The number of rotatable bonds is 5. The van der Waals surface area contributed by atoms with Gasteiger partial charge < -0.3 is 40.5 Å². The molecule has 3 aliphatic carbocycles. The van der Waals surface area contributed by atoms with Gasteiger partial charge in [-0.25, -0.2) is 9.59 Å². The second-order valence-electron chi connectivity index (χ2n) is 13.6. The van der Waals surface area contributed by atoms with Crippen molar-refractivity contribution in [2.45, 2.75) is 109 Å². The number of amides is 2. The number of hydrogen-bond acceptors (Lipinski definition) is 9. The number of carboxylic acids is 1. The number of aliphatic hydroxyl groups excluding tert-OH is 3. The molecule has 0 aromatic heterocycles. The van der Waals surface area contributed by atoms with Crippen LogP contribution < -0.4 is 10.6 Å². The second kappa shape index (κ2) is 10.3. The lowest BCUT2D eigenvalue weighted by Gasteiger charge is -2.58. The Kier molecular flexibility index (Phi) is 7.54.